The summed E-state index contributed by atoms with van der Waals surface area (Å²) >= 11 is 0. The maximum atomic E-state index is 8.40. The molecule has 0 heterocycles. The molecule has 0 atom stereocenters. The van der Waals surface area contributed by atoms with Gasteiger partial charge in [-0.25, -0.2) is 0 Å². The van der Waals surface area contributed by atoms with Crippen molar-refractivity contribution in [2.75, 3.05) is 33.0 Å². The van der Waals surface area contributed by atoms with Crippen LogP contribution in [0.2, 0.25) is 0 Å². The smallest absolute Gasteiger partial charge is 0.119 e. The van der Waals surface area contributed by atoms with Crippen LogP contribution in [0.25, 0.3) is 0 Å². The molecular weight excluding hydrogens is 256 g/mol. The number of rotatable bonds is 9. The lowest BCUT2D eigenvalue weighted by atomic mass is 10.1. The van der Waals surface area contributed by atoms with Crippen molar-refractivity contribution < 1.29 is 19.7 Å². The van der Waals surface area contributed by atoms with Crippen molar-refractivity contribution in [2.45, 2.75) is 26.7 Å². The summed E-state index contributed by atoms with van der Waals surface area (Å²) in [6, 6.07) is 9.43. The van der Waals surface area contributed by atoms with E-state index in [0.29, 0.717) is 19.1 Å². The molecule has 2 N–H and O–H groups in total. The number of ether oxygens (including phenoxy) is 2. The highest BCUT2D eigenvalue weighted by atomic mass is 16.5. The van der Waals surface area contributed by atoms with E-state index in [0.717, 1.165) is 12.4 Å². The fourth-order valence-electron chi connectivity index (χ4n) is 1.52. The van der Waals surface area contributed by atoms with E-state index < -0.39 is 0 Å². The van der Waals surface area contributed by atoms with Gasteiger partial charge in [0.1, 0.15) is 12.4 Å². The lowest BCUT2D eigenvalue weighted by Gasteiger charge is -2.11. The van der Waals surface area contributed by atoms with Crippen LogP contribution in [0.1, 0.15) is 26.7 Å². The second kappa shape index (κ2) is 14.3. The molecule has 0 unspecified atom stereocenters. The molecular formula is C16H28O4. The molecule has 0 amide bonds. The van der Waals surface area contributed by atoms with E-state index in [9.17, 15) is 0 Å². The first-order valence-corrected chi connectivity index (χ1v) is 7.25. The third-order valence-corrected chi connectivity index (χ3v) is 2.85. The molecule has 4 nitrogen and oxygen atoms in total. The molecule has 1 rings (SSSR count). The summed E-state index contributed by atoms with van der Waals surface area (Å²) < 4.78 is 10.3. The zero-order valence-electron chi connectivity index (χ0n) is 12.6. The highest BCUT2D eigenvalue weighted by Crippen LogP contribution is 2.07. The Balaban J connectivity index is 0.000000361. The largest absolute Gasteiger partial charge is 0.491 e. The van der Waals surface area contributed by atoms with Crippen LogP contribution in [0.15, 0.2) is 30.3 Å². The van der Waals surface area contributed by atoms with Gasteiger partial charge >= 0.3 is 0 Å². The van der Waals surface area contributed by atoms with Gasteiger partial charge in [0.05, 0.1) is 19.8 Å². The number of para-hydroxylation sites is 1. The Labute approximate surface area is 122 Å². The van der Waals surface area contributed by atoms with Gasteiger partial charge in [-0.15, -0.1) is 0 Å². The van der Waals surface area contributed by atoms with Crippen molar-refractivity contribution in [3.63, 3.8) is 0 Å². The van der Waals surface area contributed by atoms with E-state index in [-0.39, 0.29) is 13.2 Å². The molecule has 4 heteroatoms. The van der Waals surface area contributed by atoms with Gasteiger partial charge in [-0.3, -0.25) is 0 Å². The summed E-state index contributed by atoms with van der Waals surface area (Å²) in [6.45, 7) is 6.18. The van der Waals surface area contributed by atoms with Gasteiger partial charge in [0.2, 0.25) is 0 Å². The second-order valence-corrected chi connectivity index (χ2v) is 4.37. The molecule has 0 saturated carbocycles. The molecule has 0 radical (unpaired) electrons. The van der Waals surface area contributed by atoms with Crippen LogP contribution in [-0.2, 0) is 4.74 Å². The average molecular weight is 284 g/mol. The fraction of sp³-hybridized carbons (Fsp3) is 0.625. The van der Waals surface area contributed by atoms with Gasteiger partial charge in [-0.2, -0.15) is 0 Å². The number of hydrogen-bond acceptors (Lipinski definition) is 4. The minimum Gasteiger partial charge on any atom is -0.491 e. The van der Waals surface area contributed by atoms with Gasteiger partial charge in [-0.1, -0.05) is 44.9 Å². The predicted molar refractivity (Wildman–Crippen MR) is 81.0 cm³/mol. The van der Waals surface area contributed by atoms with E-state index in [1.54, 1.807) is 0 Å². The Morgan fingerprint density at radius 2 is 1.55 bits per heavy atom. The first kappa shape index (κ1) is 18.9. The van der Waals surface area contributed by atoms with Gasteiger partial charge in [0.25, 0.3) is 0 Å². The van der Waals surface area contributed by atoms with Crippen molar-refractivity contribution in [1.82, 2.24) is 0 Å². The fourth-order valence-corrected chi connectivity index (χ4v) is 1.52. The Bertz CT molecular complexity index is 286. The molecule has 116 valence electrons. The van der Waals surface area contributed by atoms with E-state index in [4.69, 9.17) is 19.7 Å². The first-order chi connectivity index (χ1) is 9.78. The third-order valence-electron chi connectivity index (χ3n) is 2.85. The number of aliphatic hydroxyl groups excluding tert-OH is 2. The van der Waals surface area contributed by atoms with Crippen LogP contribution in [0.4, 0.5) is 0 Å². The molecule has 0 aromatic heterocycles. The van der Waals surface area contributed by atoms with Crippen LogP contribution >= 0.6 is 0 Å². The molecule has 0 aliphatic carbocycles. The van der Waals surface area contributed by atoms with Crippen molar-refractivity contribution in [3.8, 4) is 5.75 Å². The SMILES string of the molecule is CCC(CC)COCCO.OCCOc1ccccc1. The normalized spacial score (nSPS) is 10.1. The Kier molecular flexibility index (Phi) is 13.5. The van der Waals surface area contributed by atoms with Gasteiger partial charge < -0.3 is 19.7 Å². The Hall–Kier alpha value is -1.10. The maximum absolute atomic E-state index is 8.40. The van der Waals surface area contributed by atoms with Gasteiger partial charge in [0, 0.05) is 6.61 Å². The summed E-state index contributed by atoms with van der Waals surface area (Å²) in [5.74, 6) is 1.48. The molecule has 0 saturated heterocycles. The van der Waals surface area contributed by atoms with E-state index in [1.807, 2.05) is 30.3 Å². The van der Waals surface area contributed by atoms with E-state index in [1.165, 1.54) is 12.8 Å². The second-order valence-electron chi connectivity index (χ2n) is 4.37. The van der Waals surface area contributed by atoms with Crippen LogP contribution in [-0.4, -0.2) is 43.2 Å². The number of hydrogen-bond donors (Lipinski definition) is 2. The zero-order valence-corrected chi connectivity index (χ0v) is 12.6. The monoisotopic (exact) mass is 284 g/mol. The first-order valence-electron chi connectivity index (χ1n) is 7.25. The molecule has 0 aliphatic heterocycles. The maximum Gasteiger partial charge on any atom is 0.119 e. The van der Waals surface area contributed by atoms with Gasteiger partial charge in [0.15, 0.2) is 0 Å². The Morgan fingerprint density at radius 1 is 0.950 bits per heavy atom. The highest BCUT2D eigenvalue weighted by molar-refractivity contribution is 5.20. The minimum atomic E-state index is 0.0644. The summed E-state index contributed by atoms with van der Waals surface area (Å²) in [5.41, 5.74) is 0. The Morgan fingerprint density at radius 3 is 2.05 bits per heavy atom. The van der Waals surface area contributed by atoms with Crippen molar-refractivity contribution >= 4 is 0 Å². The zero-order chi connectivity index (χ0) is 15.1. The molecule has 0 spiro atoms. The quantitative estimate of drug-likeness (QED) is 0.684. The van der Waals surface area contributed by atoms with Crippen LogP contribution in [0.5, 0.6) is 5.75 Å². The molecule has 0 aliphatic rings. The van der Waals surface area contributed by atoms with Crippen LogP contribution in [0, 0.1) is 5.92 Å². The van der Waals surface area contributed by atoms with Crippen LogP contribution in [0.3, 0.4) is 0 Å². The molecule has 0 bridgehead atoms. The molecule has 0 fully saturated rings. The van der Waals surface area contributed by atoms with E-state index >= 15 is 0 Å². The third kappa shape index (κ3) is 10.8. The lowest BCUT2D eigenvalue weighted by Crippen LogP contribution is -2.09. The van der Waals surface area contributed by atoms with Crippen molar-refractivity contribution in [3.05, 3.63) is 30.3 Å². The van der Waals surface area contributed by atoms with Crippen molar-refractivity contribution in [1.29, 1.82) is 0 Å². The summed E-state index contributed by atoms with van der Waals surface area (Å²) in [6.07, 6.45) is 2.34. The standard InChI is InChI=1S/C8H10O2.C8H18O2/c9-6-7-10-8-4-2-1-3-5-8;1-3-8(4-2)7-10-6-5-9/h1-5,9H,6-7H2;8-9H,3-7H2,1-2H3. The molecule has 20 heavy (non-hydrogen) atoms. The average Bonchev–Trinajstić information content (AvgIpc) is 2.51. The topological polar surface area (TPSA) is 58.9 Å². The van der Waals surface area contributed by atoms with Gasteiger partial charge in [-0.05, 0) is 18.1 Å². The highest BCUT2D eigenvalue weighted by Gasteiger charge is 2.01. The van der Waals surface area contributed by atoms with Crippen LogP contribution < -0.4 is 4.74 Å². The van der Waals surface area contributed by atoms with E-state index in [2.05, 4.69) is 13.8 Å². The predicted octanol–water partition coefficient (Wildman–Crippen LogP) is 2.49. The number of benzene rings is 1. The summed E-state index contributed by atoms with van der Waals surface area (Å²) in [5, 5.41) is 16.8. The van der Waals surface area contributed by atoms with Crippen molar-refractivity contribution in [2.24, 2.45) is 5.92 Å². The molecule has 1 aromatic rings. The summed E-state index contributed by atoms with van der Waals surface area (Å²) in [7, 11) is 0. The lowest BCUT2D eigenvalue weighted by molar-refractivity contribution is 0.0658. The summed E-state index contributed by atoms with van der Waals surface area (Å²) in [4.78, 5) is 0. The minimum absolute atomic E-state index is 0.0644. The molecule has 1 aromatic carbocycles. The number of aliphatic hydroxyl groups is 2.